The van der Waals surface area contributed by atoms with Gasteiger partial charge in [-0.2, -0.15) is 0 Å². The normalized spacial score (nSPS) is 13.5. The number of carbonyl (C=O) groups excluding carboxylic acids is 1. The number of hydrogen-bond donors (Lipinski definition) is 2. The summed E-state index contributed by atoms with van der Waals surface area (Å²) in [7, 11) is 1.83. The second-order valence-corrected chi connectivity index (χ2v) is 12.0. The number of urea groups is 1. The van der Waals surface area contributed by atoms with Crippen molar-refractivity contribution in [2.45, 2.75) is 104 Å². The molecule has 0 aromatic rings. The zero-order valence-corrected chi connectivity index (χ0v) is 24.5. The third kappa shape index (κ3) is 23.5. The van der Waals surface area contributed by atoms with E-state index in [1.165, 1.54) is 77.0 Å². The van der Waals surface area contributed by atoms with Gasteiger partial charge in [0.15, 0.2) is 0 Å². The van der Waals surface area contributed by atoms with E-state index in [9.17, 15) is 14.3 Å². The number of likely N-dealkylation sites (N-methyl/N-ethyl adjacent to an activating group) is 1. The summed E-state index contributed by atoms with van der Waals surface area (Å²) < 4.78 is 22.8. The van der Waals surface area contributed by atoms with Gasteiger partial charge in [0.2, 0.25) is 0 Å². The number of unbranched alkanes of at least 4 members (excludes halogenated alkanes) is 13. The van der Waals surface area contributed by atoms with Gasteiger partial charge in [0.05, 0.1) is 27.7 Å². The van der Waals surface area contributed by atoms with E-state index in [4.69, 9.17) is 9.05 Å². The second-order valence-electron chi connectivity index (χ2n) is 10.6. The Balaban J connectivity index is 3.96. The van der Waals surface area contributed by atoms with Crippen LogP contribution in [0.25, 0.3) is 0 Å². The summed E-state index contributed by atoms with van der Waals surface area (Å²) in [6, 6.07) is -0.162. The van der Waals surface area contributed by atoms with Crippen molar-refractivity contribution in [1.29, 1.82) is 0 Å². The summed E-state index contributed by atoms with van der Waals surface area (Å²) in [5, 5.41) is 2.81. The highest BCUT2D eigenvalue weighted by Crippen LogP contribution is 2.42. The minimum atomic E-state index is -4.11. The average molecular weight is 523 g/mol. The molecule has 1 unspecified atom stereocenters. The Morgan fingerprint density at radius 2 is 1.23 bits per heavy atom. The summed E-state index contributed by atoms with van der Waals surface area (Å²) in [4.78, 5) is 23.9. The van der Waals surface area contributed by atoms with Crippen LogP contribution in [0, 0.1) is 0 Å². The van der Waals surface area contributed by atoms with E-state index in [2.05, 4.69) is 12.2 Å². The van der Waals surface area contributed by atoms with Gasteiger partial charge >= 0.3 is 13.9 Å². The van der Waals surface area contributed by atoms with Gasteiger partial charge in [-0.1, -0.05) is 90.4 Å². The number of phosphoric acid groups is 1. The molecule has 0 aromatic heterocycles. The van der Waals surface area contributed by atoms with Crippen molar-refractivity contribution < 1.29 is 27.8 Å². The smallest absolute Gasteiger partial charge is 0.338 e. The lowest BCUT2D eigenvalue weighted by Gasteiger charge is -2.25. The highest BCUT2D eigenvalue weighted by molar-refractivity contribution is 7.47. The second kappa shape index (κ2) is 21.4. The SMILES string of the molecule is CCCCCCCCCCCCCCCCN(CCOP(=O)(O)OCC[N+](C)(C)C)C(=O)NCC. The van der Waals surface area contributed by atoms with Crippen LogP contribution in [0.3, 0.4) is 0 Å². The first-order valence-electron chi connectivity index (χ1n) is 14.1. The van der Waals surface area contributed by atoms with Crippen molar-refractivity contribution in [2.75, 3.05) is 60.5 Å². The molecule has 0 rings (SSSR count). The molecular weight excluding hydrogens is 465 g/mol. The van der Waals surface area contributed by atoms with Crippen molar-refractivity contribution in [3.63, 3.8) is 0 Å². The molecule has 0 aromatic carbocycles. The van der Waals surface area contributed by atoms with Gasteiger partial charge in [0.1, 0.15) is 13.2 Å². The number of rotatable bonds is 24. The lowest BCUT2D eigenvalue weighted by molar-refractivity contribution is -0.870. The van der Waals surface area contributed by atoms with Crippen LogP contribution in [0.2, 0.25) is 0 Å². The fourth-order valence-corrected chi connectivity index (χ4v) is 4.51. The van der Waals surface area contributed by atoms with Crippen LogP contribution in [-0.4, -0.2) is 80.8 Å². The Morgan fingerprint density at radius 1 is 0.771 bits per heavy atom. The van der Waals surface area contributed by atoms with E-state index < -0.39 is 7.82 Å². The van der Waals surface area contributed by atoms with Crippen LogP contribution in [0.4, 0.5) is 4.79 Å². The number of phosphoric ester groups is 1. The van der Waals surface area contributed by atoms with Crippen LogP contribution in [0.1, 0.15) is 104 Å². The minimum absolute atomic E-state index is 0.0338. The molecule has 210 valence electrons. The number of quaternary nitrogens is 1. The fourth-order valence-electron chi connectivity index (χ4n) is 3.81. The maximum absolute atomic E-state index is 12.3. The van der Waals surface area contributed by atoms with E-state index in [-0.39, 0.29) is 25.8 Å². The topological polar surface area (TPSA) is 88.1 Å². The predicted molar refractivity (Wildman–Crippen MR) is 146 cm³/mol. The Bertz CT molecular complexity index is 558. The quantitative estimate of drug-likeness (QED) is 0.0877. The Labute approximate surface area is 216 Å². The van der Waals surface area contributed by atoms with Crippen LogP contribution in [0.5, 0.6) is 0 Å². The largest absolute Gasteiger partial charge is 0.472 e. The molecular formula is C26H57N3O5P+. The predicted octanol–water partition coefficient (Wildman–Crippen LogP) is 6.34. The van der Waals surface area contributed by atoms with Crippen molar-refractivity contribution in [3.05, 3.63) is 0 Å². The number of nitrogens with zero attached hydrogens (tertiary/aromatic N) is 2. The van der Waals surface area contributed by atoms with Gasteiger partial charge in [-0.05, 0) is 13.3 Å². The molecule has 0 aliphatic carbocycles. The monoisotopic (exact) mass is 522 g/mol. The first kappa shape index (κ1) is 34.3. The van der Waals surface area contributed by atoms with Crippen molar-refractivity contribution in [2.24, 2.45) is 0 Å². The molecule has 0 aliphatic rings. The maximum atomic E-state index is 12.3. The summed E-state index contributed by atoms with van der Waals surface area (Å²) >= 11 is 0. The van der Waals surface area contributed by atoms with E-state index in [1.54, 1.807) is 4.90 Å². The number of hydrogen-bond acceptors (Lipinski definition) is 4. The molecule has 35 heavy (non-hydrogen) atoms. The molecule has 0 bridgehead atoms. The fraction of sp³-hybridized carbons (Fsp3) is 0.962. The molecule has 9 heteroatoms. The molecule has 2 amide bonds. The van der Waals surface area contributed by atoms with Gasteiger partial charge in [0.25, 0.3) is 0 Å². The van der Waals surface area contributed by atoms with Gasteiger partial charge in [-0.25, -0.2) is 9.36 Å². The lowest BCUT2D eigenvalue weighted by Crippen LogP contribution is -2.42. The minimum Gasteiger partial charge on any atom is -0.338 e. The summed E-state index contributed by atoms with van der Waals surface area (Å²) in [6.45, 7) is 6.25. The molecule has 0 radical (unpaired) electrons. The lowest BCUT2D eigenvalue weighted by atomic mass is 10.0. The van der Waals surface area contributed by atoms with Crippen molar-refractivity contribution in [1.82, 2.24) is 10.2 Å². The van der Waals surface area contributed by atoms with Crippen LogP contribution < -0.4 is 5.32 Å². The molecule has 0 saturated heterocycles. The highest BCUT2D eigenvalue weighted by atomic mass is 31.2. The third-order valence-electron chi connectivity index (χ3n) is 6.03. The number of carbonyl (C=O) groups is 1. The van der Waals surface area contributed by atoms with E-state index >= 15 is 0 Å². The van der Waals surface area contributed by atoms with E-state index in [0.29, 0.717) is 24.1 Å². The third-order valence-corrected chi connectivity index (χ3v) is 7.05. The molecule has 0 spiro atoms. The van der Waals surface area contributed by atoms with Crippen molar-refractivity contribution >= 4 is 13.9 Å². The van der Waals surface area contributed by atoms with Gasteiger partial charge in [0, 0.05) is 19.6 Å². The van der Waals surface area contributed by atoms with E-state index in [1.807, 2.05) is 28.1 Å². The van der Waals surface area contributed by atoms with Gasteiger partial charge < -0.3 is 19.6 Å². The Morgan fingerprint density at radius 3 is 1.69 bits per heavy atom. The molecule has 0 heterocycles. The van der Waals surface area contributed by atoms with Gasteiger partial charge in [-0.15, -0.1) is 0 Å². The first-order chi connectivity index (χ1) is 16.6. The summed E-state index contributed by atoms with van der Waals surface area (Å²) in [5.41, 5.74) is 0. The van der Waals surface area contributed by atoms with Crippen LogP contribution >= 0.6 is 7.82 Å². The van der Waals surface area contributed by atoms with Crippen LogP contribution in [-0.2, 0) is 13.6 Å². The zero-order valence-electron chi connectivity index (χ0n) is 23.6. The Hall–Kier alpha value is -0.660. The van der Waals surface area contributed by atoms with Crippen molar-refractivity contribution in [3.8, 4) is 0 Å². The molecule has 0 fully saturated rings. The molecule has 2 N–H and O–H groups in total. The van der Waals surface area contributed by atoms with E-state index in [0.717, 1.165) is 12.8 Å². The zero-order chi connectivity index (χ0) is 26.4. The summed E-state index contributed by atoms with van der Waals surface area (Å²) in [6.07, 6.45) is 18.1. The molecule has 1 atom stereocenters. The molecule has 0 saturated carbocycles. The van der Waals surface area contributed by atoms with Crippen LogP contribution in [0.15, 0.2) is 0 Å². The van der Waals surface area contributed by atoms with Gasteiger partial charge in [-0.3, -0.25) is 9.05 Å². The molecule has 0 aliphatic heterocycles. The molecule has 8 nitrogen and oxygen atoms in total. The highest BCUT2D eigenvalue weighted by Gasteiger charge is 2.23. The summed E-state index contributed by atoms with van der Waals surface area (Å²) in [5.74, 6) is 0. The number of amides is 2. The number of nitrogens with one attached hydrogen (secondary N) is 1. The maximum Gasteiger partial charge on any atom is 0.472 e. The standard InChI is InChI=1S/C26H56N3O5P/c1-6-8-9-10-11-12-13-14-15-16-17-18-19-20-21-28(26(30)27-7-2)22-24-33-35(31,32)34-25-23-29(3,4)5/h6-25H2,1-5H3,(H-,27,30,31,32)/p+1. The Kier molecular flexibility index (Phi) is 21.0. The first-order valence-corrected chi connectivity index (χ1v) is 15.6. The average Bonchev–Trinajstić information content (AvgIpc) is 2.77.